The molecule has 2 heterocycles. The zero-order valence-electron chi connectivity index (χ0n) is 10.4. The Morgan fingerprint density at radius 1 is 1.21 bits per heavy atom. The van der Waals surface area contributed by atoms with Crippen molar-refractivity contribution in [1.29, 1.82) is 0 Å². The van der Waals surface area contributed by atoms with Crippen LogP contribution in [0.15, 0.2) is 48.8 Å². The normalized spacial score (nSPS) is 12.7. The smallest absolute Gasteiger partial charge is 0.0931 e. The number of halogens is 1. The number of nitrogens with zero attached hydrogens (tertiary/aromatic N) is 1. The second-order valence-corrected chi connectivity index (χ2v) is 6.05. The molecule has 2 nitrogen and oxygen atoms in total. The maximum Gasteiger partial charge on any atom is 0.0931 e. The second kappa shape index (κ2) is 5.29. The third-order valence-corrected chi connectivity index (χ3v) is 4.49. The second-order valence-electron chi connectivity index (χ2n) is 4.31. The third kappa shape index (κ3) is 2.37. The molecule has 0 aliphatic carbocycles. The highest BCUT2D eigenvalue weighted by molar-refractivity contribution is 7.16. The molecule has 3 aromatic rings. The minimum atomic E-state index is 0.144. The number of pyridine rings is 1. The van der Waals surface area contributed by atoms with Gasteiger partial charge in [0.25, 0.3) is 0 Å². The van der Waals surface area contributed by atoms with Crippen LogP contribution in [0.3, 0.4) is 0 Å². The van der Waals surface area contributed by atoms with Gasteiger partial charge in [-0.15, -0.1) is 11.3 Å². The number of hydrogen-bond acceptors (Lipinski definition) is 3. The van der Waals surface area contributed by atoms with Crippen LogP contribution < -0.4 is 5.32 Å². The van der Waals surface area contributed by atoms with Crippen molar-refractivity contribution in [3.8, 4) is 0 Å². The van der Waals surface area contributed by atoms with Gasteiger partial charge >= 0.3 is 0 Å². The highest BCUT2D eigenvalue weighted by Gasteiger charge is 2.16. The maximum atomic E-state index is 6.05. The summed E-state index contributed by atoms with van der Waals surface area (Å²) < 4.78 is 0.814. The SMILES string of the molecule is CNC(c1ccc(Cl)s1)c1cccc2ccncc12. The Bertz CT molecular complexity index is 703. The zero-order chi connectivity index (χ0) is 13.2. The van der Waals surface area contributed by atoms with Gasteiger partial charge in [0.1, 0.15) is 0 Å². The first-order valence-electron chi connectivity index (χ1n) is 6.05. The molecule has 2 aromatic heterocycles. The molecule has 0 saturated heterocycles. The molecule has 0 fully saturated rings. The molecule has 1 N–H and O–H groups in total. The number of nitrogens with one attached hydrogen (secondary N) is 1. The summed E-state index contributed by atoms with van der Waals surface area (Å²) in [7, 11) is 1.97. The van der Waals surface area contributed by atoms with Crippen LogP contribution in [0.1, 0.15) is 16.5 Å². The van der Waals surface area contributed by atoms with Crippen molar-refractivity contribution in [2.75, 3.05) is 7.05 Å². The Morgan fingerprint density at radius 2 is 2.11 bits per heavy atom. The lowest BCUT2D eigenvalue weighted by Gasteiger charge is -2.17. The van der Waals surface area contributed by atoms with E-state index in [4.69, 9.17) is 11.6 Å². The Morgan fingerprint density at radius 3 is 2.84 bits per heavy atom. The van der Waals surface area contributed by atoms with Crippen molar-refractivity contribution >= 4 is 33.7 Å². The number of fused-ring (bicyclic) bond motifs is 1. The molecule has 4 heteroatoms. The molecule has 96 valence electrons. The fraction of sp³-hybridized carbons (Fsp3) is 0.133. The topological polar surface area (TPSA) is 24.9 Å². The van der Waals surface area contributed by atoms with Crippen LogP contribution in [0.4, 0.5) is 0 Å². The van der Waals surface area contributed by atoms with Gasteiger partial charge in [0.05, 0.1) is 10.4 Å². The van der Waals surface area contributed by atoms with Crippen molar-refractivity contribution in [2.45, 2.75) is 6.04 Å². The van der Waals surface area contributed by atoms with Gasteiger partial charge in [-0.25, -0.2) is 0 Å². The van der Waals surface area contributed by atoms with E-state index in [1.807, 2.05) is 31.6 Å². The number of thiophene rings is 1. The first-order valence-corrected chi connectivity index (χ1v) is 7.24. The standard InChI is InChI=1S/C15H13ClN2S/c1-17-15(13-5-6-14(16)19-13)11-4-2-3-10-7-8-18-9-12(10)11/h2-9,15,17H,1H3. The molecule has 0 saturated carbocycles. The number of aromatic nitrogens is 1. The van der Waals surface area contributed by atoms with E-state index in [1.165, 1.54) is 21.2 Å². The van der Waals surface area contributed by atoms with Gasteiger partial charge in [0.2, 0.25) is 0 Å². The summed E-state index contributed by atoms with van der Waals surface area (Å²) in [4.78, 5) is 5.45. The first-order chi connectivity index (χ1) is 9.29. The molecule has 0 bridgehead atoms. The Labute approximate surface area is 121 Å². The van der Waals surface area contributed by atoms with Crippen molar-refractivity contribution in [1.82, 2.24) is 10.3 Å². The van der Waals surface area contributed by atoms with Crippen LogP contribution in [0.2, 0.25) is 4.34 Å². The fourth-order valence-corrected chi connectivity index (χ4v) is 3.51. The van der Waals surface area contributed by atoms with Crippen molar-refractivity contribution in [2.24, 2.45) is 0 Å². The number of benzene rings is 1. The predicted molar refractivity (Wildman–Crippen MR) is 82.0 cm³/mol. The van der Waals surface area contributed by atoms with E-state index in [0.29, 0.717) is 0 Å². The van der Waals surface area contributed by atoms with E-state index in [2.05, 4.69) is 34.6 Å². The zero-order valence-corrected chi connectivity index (χ0v) is 12.0. The van der Waals surface area contributed by atoms with Crippen LogP contribution in [0.5, 0.6) is 0 Å². The molecule has 0 aliphatic heterocycles. The van der Waals surface area contributed by atoms with Gasteiger partial charge in [-0.2, -0.15) is 0 Å². The average molecular weight is 289 g/mol. The van der Waals surface area contributed by atoms with Crippen LogP contribution in [0, 0.1) is 0 Å². The summed E-state index contributed by atoms with van der Waals surface area (Å²) in [5.74, 6) is 0. The van der Waals surface area contributed by atoms with Gasteiger partial charge in [0.15, 0.2) is 0 Å². The molecule has 1 atom stereocenters. The van der Waals surface area contributed by atoms with Gasteiger partial charge in [-0.3, -0.25) is 4.98 Å². The lowest BCUT2D eigenvalue weighted by atomic mass is 9.99. The third-order valence-electron chi connectivity index (χ3n) is 3.20. The molecular weight excluding hydrogens is 276 g/mol. The Kier molecular flexibility index (Phi) is 3.51. The molecular formula is C15H13ClN2S. The van der Waals surface area contributed by atoms with E-state index >= 15 is 0 Å². The Balaban J connectivity index is 2.16. The number of hydrogen-bond donors (Lipinski definition) is 1. The summed E-state index contributed by atoms with van der Waals surface area (Å²) in [6.07, 6.45) is 3.74. The average Bonchev–Trinajstić information content (AvgIpc) is 2.86. The van der Waals surface area contributed by atoms with Crippen LogP contribution in [0.25, 0.3) is 10.8 Å². The quantitative estimate of drug-likeness (QED) is 0.779. The van der Waals surface area contributed by atoms with Crippen molar-refractivity contribution < 1.29 is 0 Å². The van der Waals surface area contributed by atoms with Gasteiger partial charge in [-0.1, -0.05) is 29.8 Å². The molecule has 0 aliphatic rings. The van der Waals surface area contributed by atoms with Gasteiger partial charge < -0.3 is 5.32 Å². The largest absolute Gasteiger partial charge is 0.309 e. The minimum absolute atomic E-state index is 0.144. The monoisotopic (exact) mass is 288 g/mol. The molecule has 1 unspecified atom stereocenters. The molecule has 19 heavy (non-hydrogen) atoms. The van der Waals surface area contributed by atoms with Crippen molar-refractivity contribution in [3.05, 3.63) is 63.6 Å². The molecule has 0 spiro atoms. The fourth-order valence-electron chi connectivity index (χ4n) is 2.32. The molecule has 1 aromatic carbocycles. The number of rotatable bonds is 3. The summed E-state index contributed by atoms with van der Waals surface area (Å²) >= 11 is 7.65. The highest BCUT2D eigenvalue weighted by Crippen LogP contribution is 2.33. The summed E-state index contributed by atoms with van der Waals surface area (Å²) in [5, 5.41) is 5.74. The lowest BCUT2D eigenvalue weighted by molar-refractivity contribution is 0.709. The van der Waals surface area contributed by atoms with Gasteiger partial charge in [-0.05, 0) is 36.2 Å². The lowest BCUT2D eigenvalue weighted by Crippen LogP contribution is -2.16. The predicted octanol–water partition coefficient (Wildman–Crippen LogP) is 4.26. The Hall–Kier alpha value is -1.42. The molecule has 0 radical (unpaired) electrons. The van der Waals surface area contributed by atoms with E-state index in [1.54, 1.807) is 11.3 Å². The van der Waals surface area contributed by atoms with Crippen LogP contribution in [-0.2, 0) is 0 Å². The molecule has 3 rings (SSSR count). The van der Waals surface area contributed by atoms with E-state index in [0.717, 1.165) is 4.34 Å². The highest BCUT2D eigenvalue weighted by atomic mass is 35.5. The first kappa shape index (κ1) is 12.6. The van der Waals surface area contributed by atoms with Gasteiger partial charge in [0, 0.05) is 22.7 Å². The van der Waals surface area contributed by atoms with E-state index < -0.39 is 0 Å². The van der Waals surface area contributed by atoms with Crippen LogP contribution in [-0.4, -0.2) is 12.0 Å². The van der Waals surface area contributed by atoms with Crippen molar-refractivity contribution in [3.63, 3.8) is 0 Å². The molecule has 0 amide bonds. The van der Waals surface area contributed by atoms with Crippen LogP contribution >= 0.6 is 22.9 Å². The summed E-state index contributed by atoms with van der Waals surface area (Å²) in [5.41, 5.74) is 1.23. The maximum absolute atomic E-state index is 6.05. The van der Waals surface area contributed by atoms with E-state index in [-0.39, 0.29) is 6.04 Å². The summed E-state index contributed by atoms with van der Waals surface area (Å²) in [6, 6.07) is 12.5. The summed E-state index contributed by atoms with van der Waals surface area (Å²) in [6.45, 7) is 0. The van der Waals surface area contributed by atoms with E-state index in [9.17, 15) is 0 Å². The minimum Gasteiger partial charge on any atom is -0.309 e.